The van der Waals surface area contributed by atoms with Crippen LogP contribution in [-0.2, 0) is 12.4 Å². The number of ether oxygens (including phenoxy) is 1. The van der Waals surface area contributed by atoms with Crippen molar-refractivity contribution >= 4 is 23.4 Å². The summed E-state index contributed by atoms with van der Waals surface area (Å²) in [6.45, 7) is 0.374. The van der Waals surface area contributed by atoms with Crippen molar-refractivity contribution in [2.24, 2.45) is 0 Å². The van der Waals surface area contributed by atoms with Crippen LogP contribution in [0.5, 0.6) is 5.75 Å². The summed E-state index contributed by atoms with van der Waals surface area (Å²) in [5, 5.41) is 8.53. The second kappa shape index (κ2) is 7.33. The minimum absolute atomic E-state index is 0.374. The van der Waals surface area contributed by atoms with E-state index in [1.807, 2.05) is 54.6 Å². The van der Waals surface area contributed by atoms with Crippen LogP contribution in [0.3, 0.4) is 0 Å². The van der Waals surface area contributed by atoms with Gasteiger partial charge in [0.25, 0.3) is 0 Å². The van der Waals surface area contributed by atoms with E-state index in [9.17, 15) is 0 Å². The van der Waals surface area contributed by atoms with Crippen LogP contribution in [0, 0.1) is 0 Å². The second-order valence-corrected chi connectivity index (χ2v) is 5.96. The molecule has 3 aromatic rings. The molecule has 0 spiro atoms. The number of aromatic amines is 1. The highest BCUT2D eigenvalue weighted by molar-refractivity contribution is 7.98. The fraction of sp³-hybridized carbons (Fsp3) is 0.125. The predicted molar refractivity (Wildman–Crippen MR) is 88.2 cm³/mol. The fourth-order valence-corrected chi connectivity index (χ4v) is 2.70. The van der Waals surface area contributed by atoms with Crippen LogP contribution >= 0.6 is 23.4 Å². The summed E-state index contributed by atoms with van der Waals surface area (Å²) >= 11 is 7.44. The van der Waals surface area contributed by atoms with Gasteiger partial charge in [0.05, 0.1) is 0 Å². The van der Waals surface area contributed by atoms with Crippen molar-refractivity contribution in [1.29, 1.82) is 0 Å². The molecule has 0 atom stereocenters. The van der Waals surface area contributed by atoms with E-state index in [0.717, 1.165) is 16.5 Å². The summed E-state index contributed by atoms with van der Waals surface area (Å²) in [5.41, 5.74) is 1.18. The largest absolute Gasteiger partial charge is 0.486 e. The summed E-state index contributed by atoms with van der Waals surface area (Å²) < 4.78 is 5.62. The maximum absolute atomic E-state index is 5.87. The van der Waals surface area contributed by atoms with Gasteiger partial charge in [-0.1, -0.05) is 53.7 Å². The summed E-state index contributed by atoms with van der Waals surface area (Å²) in [5.74, 6) is 2.32. The van der Waals surface area contributed by atoms with Crippen LogP contribution in [0.2, 0.25) is 5.02 Å². The van der Waals surface area contributed by atoms with Crippen LogP contribution in [0.1, 0.15) is 11.4 Å². The van der Waals surface area contributed by atoms with Gasteiger partial charge >= 0.3 is 0 Å². The van der Waals surface area contributed by atoms with Crippen molar-refractivity contribution in [3.63, 3.8) is 0 Å². The first kappa shape index (κ1) is 14.9. The number of thioether (sulfide) groups is 1. The maximum Gasteiger partial charge on any atom is 0.208 e. The number of benzene rings is 2. The maximum atomic E-state index is 5.87. The topological polar surface area (TPSA) is 50.8 Å². The first-order chi connectivity index (χ1) is 10.8. The molecule has 0 aliphatic carbocycles. The van der Waals surface area contributed by atoms with Gasteiger partial charge in [-0.2, -0.15) is 0 Å². The average molecular weight is 332 g/mol. The van der Waals surface area contributed by atoms with Crippen molar-refractivity contribution in [2.45, 2.75) is 17.5 Å². The molecule has 0 amide bonds. The number of para-hydroxylation sites is 1. The molecule has 0 saturated carbocycles. The Hall–Kier alpha value is -1.98. The Balaban J connectivity index is 1.51. The van der Waals surface area contributed by atoms with E-state index in [0.29, 0.717) is 17.6 Å². The molecule has 3 rings (SSSR count). The van der Waals surface area contributed by atoms with Gasteiger partial charge in [-0.15, -0.1) is 5.10 Å². The van der Waals surface area contributed by atoms with E-state index in [-0.39, 0.29) is 0 Å². The molecule has 1 heterocycles. The molecule has 4 nitrogen and oxygen atoms in total. The van der Waals surface area contributed by atoms with Gasteiger partial charge in [0, 0.05) is 10.8 Å². The zero-order valence-electron chi connectivity index (χ0n) is 11.7. The summed E-state index contributed by atoms with van der Waals surface area (Å²) in [6, 6.07) is 17.4. The Labute approximate surface area is 137 Å². The zero-order chi connectivity index (χ0) is 15.2. The number of halogens is 1. The Morgan fingerprint density at radius 3 is 2.59 bits per heavy atom. The van der Waals surface area contributed by atoms with Crippen molar-refractivity contribution in [1.82, 2.24) is 15.2 Å². The van der Waals surface area contributed by atoms with E-state index < -0.39 is 0 Å². The molecule has 0 aliphatic heterocycles. The number of H-pyrrole nitrogens is 1. The van der Waals surface area contributed by atoms with E-state index in [1.54, 1.807) is 11.8 Å². The first-order valence-corrected chi connectivity index (χ1v) is 8.12. The van der Waals surface area contributed by atoms with Gasteiger partial charge < -0.3 is 4.74 Å². The predicted octanol–water partition coefficient (Wildman–Crippen LogP) is 4.33. The van der Waals surface area contributed by atoms with Crippen LogP contribution in [0.25, 0.3) is 0 Å². The molecule has 1 aromatic heterocycles. The molecule has 112 valence electrons. The molecule has 6 heteroatoms. The molecule has 0 radical (unpaired) electrons. The summed E-state index contributed by atoms with van der Waals surface area (Å²) in [6.07, 6.45) is 0. The first-order valence-electron chi connectivity index (χ1n) is 6.76. The Morgan fingerprint density at radius 2 is 1.82 bits per heavy atom. The van der Waals surface area contributed by atoms with E-state index in [4.69, 9.17) is 16.3 Å². The normalized spacial score (nSPS) is 10.6. The lowest BCUT2D eigenvalue weighted by Crippen LogP contribution is -1.97. The highest BCUT2D eigenvalue weighted by Gasteiger charge is 2.05. The number of hydrogen-bond donors (Lipinski definition) is 1. The molecule has 0 bridgehead atoms. The van der Waals surface area contributed by atoms with Crippen molar-refractivity contribution in [3.05, 3.63) is 71.0 Å². The smallest absolute Gasteiger partial charge is 0.208 e. The molecule has 0 saturated heterocycles. The quantitative estimate of drug-likeness (QED) is 0.683. The number of nitrogens with one attached hydrogen (secondary N) is 1. The van der Waals surface area contributed by atoms with Gasteiger partial charge in [-0.25, -0.2) is 4.98 Å². The number of nitrogens with zero attached hydrogens (tertiary/aromatic N) is 2. The SMILES string of the molecule is Clc1ccc(CSc2n[nH]c(COc3ccccc3)n2)cc1. The molecule has 0 aliphatic rings. The summed E-state index contributed by atoms with van der Waals surface area (Å²) in [7, 11) is 0. The molecular formula is C16H14ClN3OS. The van der Waals surface area contributed by atoms with Gasteiger partial charge in [-0.05, 0) is 29.8 Å². The third-order valence-corrected chi connectivity index (χ3v) is 4.08. The monoisotopic (exact) mass is 331 g/mol. The molecular weight excluding hydrogens is 318 g/mol. The third kappa shape index (κ3) is 4.26. The van der Waals surface area contributed by atoms with Gasteiger partial charge in [0.2, 0.25) is 5.16 Å². The minimum Gasteiger partial charge on any atom is -0.486 e. The molecule has 2 aromatic carbocycles. The lowest BCUT2D eigenvalue weighted by atomic mass is 10.2. The Kier molecular flexibility index (Phi) is 4.98. The van der Waals surface area contributed by atoms with Crippen LogP contribution in [-0.4, -0.2) is 15.2 Å². The van der Waals surface area contributed by atoms with Crippen LogP contribution < -0.4 is 4.74 Å². The van der Waals surface area contributed by atoms with Crippen LogP contribution in [0.15, 0.2) is 59.8 Å². The van der Waals surface area contributed by atoms with Crippen molar-refractivity contribution < 1.29 is 4.74 Å². The van der Waals surface area contributed by atoms with Crippen molar-refractivity contribution in [3.8, 4) is 5.75 Å². The van der Waals surface area contributed by atoms with Crippen LogP contribution in [0.4, 0.5) is 0 Å². The molecule has 1 N–H and O–H groups in total. The zero-order valence-corrected chi connectivity index (χ0v) is 13.3. The highest BCUT2D eigenvalue weighted by atomic mass is 35.5. The average Bonchev–Trinajstić information content (AvgIpc) is 3.01. The Morgan fingerprint density at radius 1 is 1.05 bits per heavy atom. The van der Waals surface area contributed by atoms with Gasteiger partial charge in [0.15, 0.2) is 5.82 Å². The lowest BCUT2D eigenvalue weighted by molar-refractivity contribution is 0.296. The molecule has 0 fully saturated rings. The third-order valence-electron chi connectivity index (χ3n) is 2.91. The van der Waals surface area contributed by atoms with E-state index in [2.05, 4.69) is 15.2 Å². The highest BCUT2D eigenvalue weighted by Crippen LogP contribution is 2.20. The van der Waals surface area contributed by atoms with Gasteiger partial charge in [0.1, 0.15) is 12.4 Å². The number of hydrogen-bond acceptors (Lipinski definition) is 4. The Bertz CT molecular complexity index is 716. The summed E-state index contributed by atoms with van der Waals surface area (Å²) in [4.78, 5) is 4.40. The second-order valence-electron chi connectivity index (χ2n) is 4.58. The number of aromatic nitrogens is 3. The molecule has 0 unspecified atom stereocenters. The minimum atomic E-state index is 0.374. The van der Waals surface area contributed by atoms with Gasteiger partial charge in [-0.3, -0.25) is 5.10 Å². The van der Waals surface area contributed by atoms with Crippen molar-refractivity contribution in [2.75, 3.05) is 0 Å². The standard InChI is InChI=1S/C16H14ClN3OS/c17-13-8-6-12(7-9-13)11-22-16-18-15(19-20-16)10-21-14-4-2-1-3-5-14/h1-9H,10-11H2,(H,18,19,20). The fourth-order valence-electron chi connectivity index (χ4n) is 1.80. The molecule has 22 heavy (non-hydrogen) atoms. The number of rotatable bonds is 6. The van der Waals surface area contributed by atoms with E-state index >= 15 is 0 Å². The lowest BCUT2D eigenvalue weighted by Gasteiger charge is -2.02. The van der Waals surface area contributed by atoms with E-state index in [1.165, 1.54) is 5.56 Å².